The first-order valence-electron chi connectivity index (χ1n) is 5.10. The smallest absolute Gasteiger partial charge is 0.133 e. The molecule has 0 aliphatic rings. The van der Waals surface area contributed by atoms with Crippen LogP contribution >= 0.6 is 15.9 Å². The number of rotatable bonds is 5. The maximum absolute atomic E-state index is 8.59. The molecule has 0 aliphatic heterocycles. The Bertz CT molecular complexity index is 387. The van der Waals surface area contributed by atoms with Crippen molar-refractivity contribution < 1.29 is 4.74 Å². The zero-order valence-electron chi connectivity index (χ0n) is 9.46. The Morgan fingerprint density at radius 1 is 1.56 bits per heavy atom. The second kappa shape index (κ2) is 6.51. The van der Waals surface area contributed by atoms with Crippen LogP contribution in [0.2, 0.25) is 0 Å². The zero-order chi connectivity index (χ0) is 12.0. The Morgan fingerprint density at radius 2 is 2.31 bits per heavy atom. The van der Waals surface area contributed by atoms with Crippen LogP contribution in [0.1, 0.15) is 24.4 Å². The molecule has 0 fully saturated rings. The minimum Gasteiger partial charge on any atom is -0.496 e. The molecule has 1 atom stereocenters. The number of benzene rings is 1. The van der Waals surface area contributed by atoms with E-state index in [-0.39, 0.29) is 6.04 Å². The summed E-state index contributed by atoms with van der Waals surface area (Å²) >= 11 is 3.46. The molecule has 0 saturated heterocycles. The Morgan fingerprint density at radius 3 is 2.81 bits per heavy atom. The first-order chi connectivity index (χ1) is 7.72. The molecule has 4 heteroatoms. The molecule has 0 amide bonds. The second-order valence-corrected chi connectivity index (χ2v) is 4.29. The van der Waals surface area contributed by atoms with Gasteiger partial charge in [0, 0.05) is 12.5 Å². The number of hydrogen-bond acceptors (Lipinski definition) is 3. The fourth-order valence-corrected chi connectivity index (χ4v) is 2.14. The molecule has 1 unspecified atom stereocenters. The van der Waals surface area contributed by atoms with Crippen molar-refractivity contribution >= 4 is 15.9 Å². The van der Waals surface area contributed by atoms with E-state index in [1.807, 2.05) is 25.2 Å². The molecule has 0 radical (unpaired) electrons. The quantitative estimate of drug-likeness (QED) is 0.903. The van der Waals surface area contributed by atoms with Crippen molar-refractivity contribution in [3.8, 4) is 11.8 Å². The van der Waals surface area contributed by atoms with Gasteiger partial charge < -0.3 is 10.1 Å². The summed E-state index contributed by atoms with van der Waals surface area (Å²) in [5.41, 5.74) is 1.16. The van der Waals surface area contributed by atoms with E-state index in [4.69, 9.17) is 10.00 Å². The predicted molar refractivity (Wildman–Crippen MR) is 67.3 cm³/mol. The highest BCUT2D eigenvalue weighted by molar-refractivity contribution is 9.10. The summed E-state index contributed by atoms with van der Waals surface area (Å²) in [6.45, 7) is 0. The highest BCUT2D eigenvalue weighted by Crippen LogP contribution is 2.29. The third kappa shape index (κ3) is 3.22. The van der Waals surface area contributed by atoms with Crippen LogP contribution in [0.25, 0.3) is 0 Å². The molecule has 0 spiro atoms. The minimum absolute atomic E-state index is 0.210. The van der Waals surface area contributed by atoms with E-state index in [1.54, 1.807) is 7.11 Å². The van der Waals surface area contributed by atoms with Crippen molar-refractivity contribution in [1.82, 2.24) is 5.32 Å². The predicted octanol–water partition coefficient (Wildman–Crippen LogP) is 3.02. The second-order valence-electron chi connectivity index (χ2n) is 3.43. The standard InChI is InChI=1S/C12H15BrN2O/c1-15-11(4-3-7-14)9-5-6-12(16-2)10(13)8-9/h5-6,8,11,15H,3-4H2,1-2H3. The molecule has 86 valence electrons. The van der Waals surface area contributed by atoms with Crippen molar-refractivity contribution in [2.75, 3.05) is 14.2 Å². The van der Waals surface area contributed by atoms with Crippen LogP contribution in [-0.2, 0) is 0 Å². The van der Waals surface area contributed by atoms with E-state index in [2.05, 4.69) is 27.3 Å². The molecule has 1 aromatic carbocycles. The summed E-state index contributed by atoms with van der Waals surface area (Å²) in [5, 5.41) is 11.8. The van der Waals surface area contributed by atoms with Crippen molar-refractivity contribution in [2.24, 2.45) is 0 Å². The van der Waals surface area contributed by atoms with Gasteiger partial charge in [0.05, 0.1) is 17.7 Å². The molecule has 0 heterocycles. The van der Waals surface area contributed by atoms with Crippen LogP contribution in [0, 0.1) is 11.3 Å². The van der Waals surface area contributed by atoms with Crippen LogP contribution in [0.5, 0.6) is 5.75 Å². The van der Waals surface area contributed by atoms with Gasteiger partial charge in [-0.3, -0.25) is 0 Å². The van der Waals surface area contributed by atoms with E-state index in [1.165, 1.54) is 0 Å². The van der Waals surface area contributed by atoms with Gasteiger partial charge in [-0.1, -0.05) is 6.07 Å². The topological polar surface area (TPSA) is 45.0 Å². The van der Waals surface area contributed by atoms with Gasteiger partial charge in [0.15, 0.2) is 0 Å². The molecular formula is C12H15BrN2O. The van der Waals surface area contributed by atoms with Gasteiger partial charge in [0.1, 0.15) is 5.75 Å². The third-order valence-corrected chi connectivity index (χ3v) is 3.09. The summed E-state index contributed by atoms with van der Waals surface area (Å²) in [6.07, 6.45) is 1.36. The molecule has 1 aromatic rings. The Hall–Kier alpha value is -1.05. The van der Waals surface area contributed by atoms with Gasteiger partial charge >= 0.3 is 0 Å². The monoisotopic (exact) mass is 282 g/mol. The fourth-order valence-electron chi connectivity index (χ4n) is 1.59. The van der Waals surface area contributed by atoms with Crippen LogP contribution < -0.4 is 10.1 Å². The van der Waals surface area contributed by atoms with Crippen molar-refractivity contribution in [1.29, 1.82) is 5.26 Å². The first kappa shape index (κ1) is 13.0. The number of nitriles is 1. The molecule has 1 N–H and O–H groups in total. The number of nitrogens with zero attached hydrogens (tertiary/aromatic N) is 1. The van der Waals surface area contributed by atoms with E-state index < -0.39 is 0 Å². The number of hydrogen-bond donors (Lipinski definition) is 1. The van der Waals surface area contributed by atoms with Gasteiger partial charge in [0.25, 0.3) is 0 Å². The lowest BCUT2D eigenvalue weighted by molar-refractivity contribution is 0.411. The highest BCUT2D eigenvalue weighted by Gasteiger charge is 2.10. The van der Waals surface area contributed by atoms with E-state index in [0.29, 0.717) is 6.42 Å². The maximum atomic E-state index is 8.59. The molecular weight excluding hydrogens is 268 g/mol. The van der Waals surface area contributed by atoms with Crippen LogP contribution in [0.4, 0.5) is 0 Å². The number of ether oxygens (including phenoxy) is 1. The normalized spacial score (nSPS) is 11.9. The van der Waals surface area contributed by atoms with Crippen LogP contribution in [0.15, 0.2) is 22.7 Å². The first-order valence-corrected chi connectivity index (χ1v) is 5.90. The summed E-state index contributed by atoms with van der Waals surface area (Å²) in [4.78, 5) is 0. The molecule has 16 heavy (non-hydrogen) atoms. The molecule has 0 saturated carbocycles. The van der Waals surface area contributed by atoms with Crippen LogP contribution in [-0.4, -0.2) is 14.2 Å². The third-order valence-electron chi connectivity index (χ3n) is 2.47. The van der Waals surface area contributed by atoms with Gasteiger partial charge in [-0.05, 0) is 47.1 Å². The lowest BCUT2D eigenvalue weighted by atomic mass is 10.0. The van der Waals surface area contributed by atoms with Gasteiger partial charge in [0.2, 0.25) is 0 Å². The summed E-state index contributed by atoms with van der Waals surface area (Å²) in [6, 6.07) is 8.34. The van der Waals surface area contributed by atoms with E-state index in [0.717, 1.165) is 22.2 Å². The van der Waals surface area contributed by atoms with Gasteiger partial charge in [-0.25, -0.2) is 0 Å². The maximum Gasteiger partial charge on any atom is 0.133 e. The number of halogens is 1. The average molecular weight is 283 g/mol. The molecule has 0 aliphatic carbocycles. The summed E-state index contributed by atoms with van der Waals surface area (Å²) in [5.74, 6) is 0.818. The molecule has 1 rings (SSSR count). The largest absolute Gasteiger partial charge is 0.496 e. The Kier molecular flexibility index (Phi) is 5.30. The average Bonchev–Trinajstić information content (AvgIpc) is 2.30. The summed E-state index contributed by atoms with van der Waals surface area (Å²) < 4.78 is 6.11. The summed E-state index contributed by atoms with van der Waals surface area (Å²) in [7, 11) is 3.55. The van der Waals surface area contributed by atoms with E-state index >= 15 is 0 Å². The Balaban J connectivity index is 2.85. The highest BCUT2D eigenvalue weighted by atomic mass is 79.9. The zero-order valence-corrected chi connectivity index (χ0v) is 11.0. The fraction of sp³-hybridized carbons (Fsp3) is 0.417. The SMILES string of the molecule is CNC(CCC#N)c1ccc(OC)c(Br)c1. The molecule has 0 bridgehead atoms. The van der Waals surface area contributed by atoms with Crippen molar-refractivity contribution in [2.45, 2.75) is 18.9 Å². The van der Waals surface area contributed by atoms with Crippen LogP contribution in [0.3, 0.4) is 0 Å². The molecule has 3 nitrogen and oxygen atoms in total. The van der Waals surface area contributed by atoms with Gasteiger partial charge in [-0.15, -0.1) is 0 Å². The number of methoxy groups -OCH3 is 1. The molecule has 0 aromatic heterocycles. The van der Waals surface area contributed by atoms with Crippen molar-refractivity contribution in [3.05, 3.63) is 28.2 Å². The van der Waals surface area contributed by atoms with E-state index in [9.17, 15) is 0 Å². The van der Waals surface area contributed by atoms with Crippen molar-refractivity contribution in [3.63, 3.8) is 0 Å². The Labute approximate surface area is 105 Å². The van der Waals surface area contributed by atoms with Gasteiger partial charge in [-0.2, -0.15) is 5.26 Å². The lowest BCUT2D eigenvalue weighted by Crippen LogP contribution is -2.16. The lowest BCUT2D eigenvalue weighted by Gasteiger charge is -2.16. The number of nitrogens with one attached hydrogen (secondary N) is 1. The minimum atomic E-state index is 0.210.